The fraction of sp³-hybridized carbons (Fsp3) is 0.333. The number of likely N-dealkylation sites (tertiary alicyclic amines) is 1. The molecule has 2 aromatic heterocycles. The van der Waals surface area contributed by atoms with E-state index in [0.29, 0.717) is 5.69 Å². The maximum Gasteiger partial charge on any atom is 0.275 e. The number of benzene rings is 1. The molecule has 2 aliphatic rings. The number of halogens is 1. The molecule has 1 aliphatic heterocycles. The Bertz CT molecular complexity index is 978. The molecule has 0 spiro atoms. The van der Waals surface area contributed by atoms with Crippen molar-refractivity contribution in [3.8, 4) is 5.69 Å². The SMILES string of the molecule is O=C(c1nn(-c2ccc(F)cc2)c2c1CCC2)N1CCC[C@H]1c1cccs1. The van der Waals surface area contributed by atoms with E-state index in [9.17, 15) is 9.18 Å². The number of fused-ring (bicyclic) bond motifs is 1. The average Bonchev–Trinajstić information content (AvgIpc) is 3.45. The van der Waals surface area contributed by atoms with Crippen LogP contribution in [0.5, 0.6) is 0 Å². The van der Waals surface area contributed by atoms with Gasteiger partial charge in [0.05, 0.1) is 11.7 Å². The summed E-state index contributed by atoms with van der Waals surface area (Å²) in [4.78, 5) is 16.6. The van der Waals surface area contributed by atoms with Crippen molar-refractivity contribution in [3.63, 3.8) is 0 Å². The van der Waals surface area contributed by atoms with E-state index in [2.05, 4.69) is 11.4 Å². The fourth-order valence-corrected chi connectivity index (χ4v) is 5.20. The molecule has 0 N–H and O–H groups in total. The number of thiophene rings is 1. The molecule has 1 aliphatic carbocycles. The van der Waals surface area contributed by atoms with E-state index in [1.165, 1.54) is 17.0 Å². The van der Waals surface area contributed by atoms with Crippen LogP contribution in [0.25, 0.3) is 5.69 Å². The largest absolute Gasteiger partial charge is 0.329 e. The van der Waals surface area contributed by atoms with Crippen molar-refractivity contribution in [3.05, 3.63) is 69.4 Å². The molecule has 1 saturated heterocycles. The minimum Gasteiger partial charge on any atom is -0.329 e. The minimum atomic E-state index is -0.269. The van der Waals surface area contributed by atoms with Gasteiger partial charge in [-0.3, -0.25) is 4.79 Å². The van der Waals surface area contributed by atoms with E-state index in [0.717, 1.165) is 55.6 Å². The summed E-state index contributed by atoms with van der Waals surface area (Å²) in [7, 11) is 0. The van der Waals surface area contributed by atoms with Crippen molar-refractivity contribution < 1.29 is 9.18 Å². The van der Waals surface area contributed by atoms with Gasteiger partial charge in [-0.05, 0) is 67.8 Å². The molecule has 138 valence electrons. The molecule has 6 heteroatoms. The molecule has 1 aromatic carbocycles. The number of hydrogen-bond donors (Lipinski definition) is 0. The summed E-state index contributed by atoms with van der Waals surface area (Å²) in [5.74, 6) is -0.236. The fourth-order valence-electron chi connectivity index (χ4n) is 4.33. The monoisotopic (exact) mass is 381 g/mol. The standard InChI is InChI=1S/C21H20FN3OS/c22-14-8-10-15(11-9-14)25-17-5-1-4-16(17)20(23-25)21(26)24-12-2-6-18(24)19-7-3-13-27-19/h3,7-11,13,18H,1-2,4-6,12H2/t18-/m0/s1. The van der Waals surface area contributed by atoms with Crippen molar-refractivity contribution in [1.29, 1.82) is 0 Å². The van der Waals surface area contributed by atoms with Crippen LogP contribution in [-0.4, -0.2) is 27.1 Å². The van der Waals surface area contributed by atoms with Gasteiger partial charge in [-0.1, -0.05) is 6.07 Å². The summed E-state index contributed by atoms with van der Waals surface area (Å²) in [5.41, 5.74) is 3.55. The molecule has 5 rings (SSSR count). The predicted octanol–water partition coefficient (Wildman–Crippen LogP) is 4.54. The lowest BCUT2D eigenvalue weighted by Crippen LogP contribution is -2.31. The molecule has 0 bridgehead atoms. The zero-order valence-corrected chi connectivity index (χ0v) is 15.7. The van der Waals surface area contributed by atoms with Crippen LogP contribution in [0.15, 0.2) is 41.8 Å². The number of carbonyl (C=O) groups is 1. The summed E-state index contributed by atoms with van der Waals surface area (Å²) < 4.78 is 15.1. The summed E-state index contributed by atoms with van der Waals surface area (Å²) >= 11 is 1.71. The van der Waals surface area contributed by atoms with Gasteiger partial charge >= 0.3 is 0 Å². The number of aromatic nitrogens is 2. The summed E-state index contributed by atoms with van der Waals surface area (Å²) in [6.07, 6.45) is 4.85. The van der Waals surface area contributed by atoms with Gasteiger partial charge in [0.25, 0.3) is 5.91 Å². The number of hydrogen-bond acceptors (Lipinski definition) is 3. The Kier molecular flexibility index (Phi) is 4.08. The van der Waals surface area contributed by atoms with E-state index < -0.39 is 0 Å². The van der Waals surface area contributed by atoms with Crippen molar-refractivity contribution in [1.82, 2.24) is 14.7 Å². The minimum absolute atomic E-state index is 0.0323. The Morgan fingerprint density at radius 2 is 2.00 bits per heavy atom. The first-order chi connectivity index (χ1) is 13.2. The van der Waals surface area contributed by atoms with Crippen LogP contribution in [-0.2, 0) is 12.8 Å². The van der Waals surface area contributed by atoms with Crippen LogP contribution in [0, 0.1) is 5.82 Å². The van der Waals surface area contributed by atoms with E-state index in [4.69, 9.17) is 5.10 Å². The molecule has 3 heterocycles. The summed E-state index contributed by atoms with van der Waals surface area (Å²) in [6, 6.07) is 10.6. The lowest BCUT2D eigenvalue weighted by Gasteiger charge is -2.23. The van der Waals surface area contributed by atoms with E-state index >= 15 is 0 Å². The maximum absolute atomic E-state index is 13.4. The van der Waals surface area contributed by atoms with Crippen LogP contribution < -0.4 is 0 Å². The smallest absolute Gasteiger partial charge is 0.275 e. The highest BCUT2D eigenvalue weighted by molar-refractivity contribution is 7.10. The van der Waals surface area contributed by atoms with Gasteiger partial charge in [-0.2, -0.15) is 5.10 Å². The number of amides is 1. The van der Waals surface area contributed by atoms with Crippen LogP contribution in [0.3, 0.4) is 0 Å². The molecule has 27 heavy (non-hydrogen) atoms. The average molecular weight is 381 g/mol. The van der Waals surface area contributed by atoms with E-state index in [1.54, 1.807) is 23.5 Å². The third kappa shape index (κ3) is 2.79. The highest BCUT2D eigenvalue weighted by Crippen LogP contribution is 2.37. The third-order valence-corrected chi connectivity index (χ3v) is 6.56. The highest BCUT2D eigenvalue weighted by Gasteiger charge is 2.35. The first-order valence-electron chi connectivity index (χ1n) is 9.43. The molecule has 0 unspecified atom stereocenters. The second-order valence-corrected chi connectivity index (χ2v) is 8.17. The lowest BCUT2D eigenvalue weighted by molar-refractivity contribution is 0.0730. The molecular formula is C21H20FN3OS. The first kappa shape index (κ1) is 16.7. The van der Waals surface area contributed by atoms with Gasteiger partial charge in [0.1, 0.15) is 5.82 Å². The second kappa shape index (κ2) is 6.60. The third-order valence-electron chi connectivity index (χ3n) is 5.59. The highest BCUT2D eigenvalue weighted by atomic mass is 32.1. The van der Waals surface area contributed by atoms with Crippen molar-refractivity contribution in [2.24, 2.45) is 0 Å². The Hall–Kier alpha value is -2.47. The van der Waals surface area contributed by atoms with Gasteiger partial charge in [-0.25, -0.2) is 9.07 Å². The topological polar surface area (TPSA) is 38.1 Å². The Morgan fingerprint density at radius 3 is 2.78 bits per heavy atom. The first-order valence-corrected chi connectivity index (χ1v) is 10.3. The number of carbonyl (C=O) groups excluding carboxylic acids is 1. The molecule has 0 saturated carbocycles. The van der Waals surface area contributed by atoms with Gasteiger partial charge in [0, 0.05) is 22.7 Å². The van der Waals surface area contributed by atoms with Crippen molar-refractivity contribution in [2.75, 3.05) is 6.54 Å². The summed E-state index contributed by atoms with van der Waals surface area (Å²) in [5, 5.41) is 6.77. The number of rotatable bonds is 3. The van der Waals surface area contributed by atoms with E-state index in [-0.39, 0.29) is 17.8 Å². The van der Waals surface area contributed by atoms with Crippen LogP contribution in [0.1, 0.15) is 51.9 Å². The Morgan fingerprint density at radius 1 is 1.15 bits per heavy atom. The molecule has 4 nitrogen and oxygen atoms in total. The van der Waals surface area contributed by atoms with Gasteiger partial charge < -0.3 is 4.90 Å². The Labute approximate surface area is 161 Å². The van der Waals surface area contributed by atoms with E-state index in [1.807, 2.05) is 15.6 Å². The summed E-state index contributed by atoms with van der Waals surface area (Å²) in [6.45, 7) is 0.777. The molecule has 1 fully saturated rings. The zero-order valence-electron chi connectivity index (χ0n) is 14.9. The van der Waals surface area contributed by atoms with Crippen molar-refractivity contribution >= 4 is 17.2 Å². The lowest BCUT2D eigenvalue weighted by atomic mass is 10.1. The second-order valence-electron chi connectivity index (χ2n) is 7.19. The van der Waals surface area contributed by atoms with Crippen LogP contribution >= 0.6 is 11.3 Å². The van der Waals surface area contributed by atoms with Crippen LogP contribution in [0.2, 0.25) is 0 Å². The van der Waals surface area contributed by atoms with Gasteiger partial charge in [-0.15, -0.1) is 11.3 Å². The molecule has 1 amide bonds. The predicted molar refractivity (Wildman–Crippen MR) is 103 cm³/mol. The van der Waals surface area contributed by atoms with Gasteiger partial charge in [0.15, 0.2) is 5.69 Å². The molecular weight excluding hydrogens is 361 g/mol. The molecule has 3 aromatic rings. The molecule has 1 atom stereocenters. The Balaban J connectivity index is 1.53. The van der Waals surface area contributed by atoms with Crippen LogP contribution in [0.4, 0.5) is 4.39 Å². The normalized spacial score (nSPS) is 18.9. The van der Waals surface area contributed by atoms with Gasteiger partial charge in [0.2, 0.25) is 0 Å². The molecule has 0 radical (unpaired) electrons. The quantitative estimate of drug-likeness (QED) is 0.668. The number of nitrogens with zero attached hydrogens (tertiary/aromatic N) is 3. The van der Waals surface area contributed by atoms with Crippen molar-refractivity contribution in [2.45, 2.75) is 38.1 Å². The maximum atomic E-state index is 13.4. The zero-order chi connectivity index (χ0) is 18.4.